The minimum Gasteiger partial charge on any atom is -0.314 e. The number of nitrogens with one attached hydrogen (secondary N) is 1. The van der Waals surface area contributed by atoms with Gasteiger partial charge in [0.15, 0.2) is 11.5 Å². The Morgan fingerprint density at radius 2 is 2.00 bits per heavy atom. The van der Waals surface area contributed by atoms with Gasteiger partial charge in [0, 0.05) is 18.4 Å². The topological polar surface area (TPSA) is 62.5 Å². The Morgan fingerprint density at radius 3 is 2.83 bits per heavy atom. The molecule has 24 heavy (non-hydrogen) atoms. The molecule has 3 heterocycles. The van der Waals surface area contributed by atoms with Crippen LogP contribution in [0.2, 0.25) is 0 Å². The van der Waals surface area contributed by atoms with E-state index in [1.807, 2.05) is 28.8 Å². The van der Waals surface area contributed by atoms with E-state index in [9.17, 15) is 9.18 Å². The Balaban J connectivity index is 1.58. The number of hydrogen-bond donors (Lipinski definition) is 1. The van der Waals surface area contributed by atoms with E-state index in [1.165, 1.54) is 12.1 Å². The zero-order chi connectivity index (χ0) is 16.5. The molecule has 1 unspecified atom stereocenters. The highest BCUT2D eigenvalue weighted by Crippen LogP contribution is 2.31. The Kier molecular flexibility index (Phi) is 3.60. The van der Waals surface area contributed by atoms with Crippen molar-refractivity contribution in [2.45, 2.75) is 18.9 Å². The number of carbonyl (C=O) groups excluding carboxylic acids is 1. The van der Waals surface area contributed by atoms with Crippen molar-refractivity contribution < 1.29 is 9.18 Å². The number of anilines is 1. The summed E-state index contributed by atoms with van der Waals surface area (Å²) in [6.45, 7) is 0.652. The standard InChI is InChI=1S/C17H16FN5O/c18-12-6-8-13(9-7-12)19-17(24)22-11-3-4-14(22)16-21-20-15-5-1-2-10-23(15)16/h1-2,5-10,14H,3-4,11H2,(H,19,24). The molecule has 4 rings (SSSR count). The number of nitrogens with zero attached hydrogens (tertiary/aromatic N) is 4. The van der Waals surface area contributed by atoms with Gasteiger partial charge in [0.1, 0.15) is 5.82 Å². The summed E-state index contributed by atoms with van der Waals surface area (Å²) < 4.78 is 14.9. The lowest BCUT2D eigenvalue weighted by molar-refractivity contribution is 0.204. The molecule has 0 bridgehead atoms. The number of likely N-dealkylation sites (tertiary alicyclic amines) is 1. The van der Waals surface area contributed by atoms with E-state index in [-0.39, 0.29) is 17.9 Å². The van der Waals surface area contributed by atoms with Crippen molar-refractivity contribution in [1.82, 2.24) is 19.5 Å². The summed E-state index contributed by atoms with van der Waals surface area (Å²) in [6, 6.07) is 11.1. The summed E-state index contributed by atoms with van der Waals surface area (Å²) in [5, 5.41) is 11.2. The third-order valence-electron chi connectivity index (χ3n) is 4.25. The van der Waals surface area contributed by atoms with Gasteiger partial charge in [-0.1, -0.05) is 6.07 Å². The third kappa shape index (κ3) is 2.58. The summed E-state index contributed by atoms with van der Waals surface area (Å²) >= 11 is 0. The molecular weight excluding hydrogens is 309 g/mol. The van der Waals surface area contributed by atoms with Crippen molar-refractivity contribution in [3.8, 4) is 0 Å². The van der Waals surface area contributed by atoms with Crippen LogP contribution in [0, 0.1) is 5.82 Å². The molecule has 1 aromatic carbocycles. The van der Waals surface area contributed by atoms with Crippen LogP contribution in [-0.4, -0.2) is 32.1 Å². The molecule has 3 aromatic rings. The Bertz CT molecular complexity index is 876. The van der Waals surface area contributed by atoms with Gasteiger partial charge in [-0.3, -0.25) is 4.40 Å². The van der Waals surface area contributed by atoms with Crippen molar-refractivity contribution >= 4 is 17.4 Å². The minimum absolute atomic E-state index is 0.122. The highest BCUT2D eigenvalue weighted by molar-refractivity contribution is 5.89. The molecule has 1 aliphatic rings. The molecule has 122 valence electrons. The van der Waals surface area contributed by atoms with Gasteiger partial charge >= 0.3 is 6.03 Å². The van der Waals surface area contributed by atoms with Crippen LogP contribution in [0.25, 0.3) is 5.65 Å². The molecule has 2 aromatic heterocycles. The molecule has 0 radical (unpaired) electrons. The summed E-state index contributed by atoms with van der Waals surface area (Å²) in [5.74, 6) is 0.430. The fraction of sp³-hybridized carbons (Fsp3) is 0.235. The average molecular weight is 325 g/mol. The molecule has 7 heteroatoms. The zero-order valence-electron chi connectivity index (χ0n) is 12.9. The van der Waals surface area contributed by atoms with Gasteiger partial charge < -0.3 is 10.2 Å². The van der Waals surface area contributed by atoms with Gasteiger partial charge in [-0.25, -0.2) is 9.18 Å². The lowest BCUT2D eigenvalue weighted by Crippen LogP contribution is -2.35. The van der Waals surface area contributed by atoms with Crippen LogP contribution in [-0.2, 0) is 0 Å². The fourth-order valence-corrected chi connectivity index (χ4v) is 3.09. The summed E-state index contributed by atoms with van der Waals surface area (Å²) in [7, 11) is 0. The maximum Gasteiger partial charge on any atom is 0.322 e. The van der Waals surface area contributed by atoms with Crippen LogP contribution in [0.15, 0.2) is 48.7 Å². The summed E-state index contributed by atoms with van der Waals surface area (Å²) in [4.78, 5) is 14.4. The van der Waals surface area contributed by atoms with Crippen molar-refractivity contribution in [3.63, 3.8) is 0 Å². The molecule has 0 saturated carbocycles. The number of amides is 2. The highest BCUT2D eigenvalue weighted by atomic mass is 19.1. The van der Waals surface area contributed by atoms with Crippen molar-refractivity contribution in [1.29, 1.82) is 0 Å². The lowest BCUT2D eigenvalue weighted by atomic mass is 10.2. The van der Waals surface area contributed by atoms with E-state index in [2.05, 4.69) is 15.5 Å². The number of urea groups is 1. The molecule has 0 aliphatic carbocycles. The number of aromatic nitrogens is 3. The van der Waals surface area contributed by atoms with Crippen LogP contribution >= 0.6 is 0 Å². The number of pyridine rings is 1. The van der Waals surface area contributed by atoms with Crippen LogP contribution in [0.3, 0.4) is 0 Å². The van der Waals surface area contributed by atoms with Crippen LogP contribution in [0.5, 0.6) is 0 Å². The average Bonchev–Trinajstić information content (AvgIpc) is 3.23. The first-order valence-electron chi connectivity index (χ1n) is 7.85. The molecule has 1 aliphatic heterocycles. The Hall–Kier alpha value is -2.96. The minimum atomic E-state index is -0.332. The van der Waals surface area contributed by atoms with Gasteiger partial charge in [-0.05, 0) is 49.2 Å². The predicted octanol–water partition coefficient (Wildman–Crippen LogP) is 3.24. The molecular formula is C17H16FN5O. The van der Waals surface area contributed by atoms with Gasteiger partial charge in [-0.15, -0.1) is 10.2 Å². The van der Waals surface area contributed by atoms with Gasteiger partial charge in [0.05, 0.1) is 6.04 Å². The highest BCUT2D eigenvalue weighted by Gasteiger charge is 2.33. The number of halogens is 1. The first-order chi connectivity index (χ1) is 11.7. The van der Waals surface area contributed by atoms with E-state index < -0.39 is 0 Å². The van der Waals surface area contributed by atoms with E-state index in [0.717, 1.165) is 24.3 Å². The van der Waals surface area contributed by atoms with E-state index >= 15 is 0 Å². The smallest absolute Gasteiger partial charge is 0.314 e. The quantitative estimate of drug-likeness (QED) is 0.787. The van der Waals surface area contributed by atoms with Crippen molar-refractivity contribution in [2.75, 3.05) is 11.9 Å². The molecule has 1 fully saturated rings. The van der Waals surface area contributed by atoms with E-state index in [4.69, 9.17) is 0 Å². The molecule has 0 spiro atoms. The summed E-state index contributed by atoms with van der Waals surface area (Å²) in [5.41, 5.74) is 1.33. The second-order valence-corrected chi connectivity index (χ2v) is 5.78. The number of hydrogen-bond acceptors (Lipinski definition) is 3. The lowest BCUT2D eigenvalue weighted by Gasteiger charge is -2.23. The first-order valence-corrected chi connectivity index (χ1v) is 7.85. The molecule has 1 N–H and O–H groups in total. The van der Waals surface area contributed by atoms with Crippen LogP contribution in [0.1, 0.15) is 24.7 Å². The zero-order valence-corrected chi connectivity index (χ0v) is 12.9. The van der Waals surface area contributed by atoms with Crippen molar-refractivity contribution in [3.05, 3.63) is 60.3 Å². The number of carbonyl (C=O) groups is 1. The Morgan fingerprint density at radius 1 is 1.17 bits per heavy atom. The van der Waals surface area contributed by atoms with E-state index in [1.54, 1.807) is 17.0 Å². The first kappa shape index (κ1) is 14.6. The second-order valence-electron chi connectivity index (χ2n) is 5.78. The molecule has 1 saturated heterocycles. The monoisotopic (exact) mass is 325 g/mol. The summed E-state index contributed by atoms with van der Waals surface area (Å²) in [6.07, 6.45) is 3.65. The predicted molar refractivity (Wildman–Crippen MR) is 87.1 cm³/mol. The molecule has 1 atom stereocenters. The van der Waals surface area contributed by atoms with Gasteiger partial charge in [0.2, 0.25) is 0 Å². The SMILES string of the molecule is O=C(Nc1ccc(F)cc1)N1CCCC1c1nnc2ccccn12. The van der Waals surface area contributed by atoms with E-state index in [0.29, 0.717) is 12.2 Å². The normalized spacial score (nSPS) is 17.4. The number of fused-ring (bicyclic) bond motifs is 1. The maximum absolute atomic E-state index is 13.0. The Labute approximate surface area is 137 Å². The van der Waals surface area contributed by atoms with Gasteiger partial charge in [0.25, 0.3) is 0 Å². The van der Waals surface area contributed by atoms with Gasteiger partial charge in [-0.2, -0.15) is 0 Å². The largest absolute Gasteiger partial charge is 0.322 e. The van der Waals surface area contributed by atoms with Crippen LogP contribution < -0.4 is 5.32 Å². The second kappa shape index (κ2) is 5.92. The third-order valence-corrected chi connectivity index (χ3v) is 4.25. The number of rotatable bonds is 2. The van der Waals surface area contributed by atoms with Crippen molar-refractivity contribution in [2.24, 2.45) is 0 Å². The molecule has 6 nitrogen and oxygen atoms in total. The fourth-order valence-electron chi connectivity index (χ4n) is 3.09. The maximum atomic E-state index is 13.0. The number of benzene rings is 1. The van der Waals surface area contributed by atoms with Crippen LogP contribution in [0.4, 0.5) is 14.9 Å². The molecule has 2 amide bonds.